The van der Waals surface area contributed by atoms with E-state index in [4.69, 9.17) is 4.74 Å². The number of carbonyl (C=O) groups is 1. The molecule has 0 aromatic heterocycles. The molecule has 2 aromatic carbocycles. The van der Waals surface area contributed by atoms with Crippen molar-refractivity contribution in [3.05, 3.63) is 71.5 Å². The van der Waals surface area contributed by atoms with Crippen molar-refractivity contribution < 1.29 is 13.9 Å². The highest BCUT2D eigenvalue weighted by Crippen LogP contribution is 2.36. The van der Waals surface area contributed by atoms with Crippen LogP contribution in [0.5, 0.6) is 0 Å². The minimum absolute atomic E-state index is 0.0740. The van der Waals surface area contributed by atoms with Crippen molar-refractivity contribution in [2.45, 2.75) is 30.7 Å². The van der Waals surface area contributed by atoms with E-state index in [1.165, 1.54) is 12.1 Å². The zero-order valence-corrected chi connectivity index (χ0v) is 15.0. The third-order valence-corrected chi connectivity index (χ3v) is 5.68. The lowest BCUT2D eigenvalue weighted by atomic mass is 9.95. The van der Waals surface area contributed by atoms with Crippen LogP contribution in [-0.4, -0.2) is 29.0 Å². The Labute approximate surface area is 152 Å². The number of hydrogen-bond acceptors (Lipinski definition) is 3. The number of benzene rings is 2. The molecule has 0 unspecified atom stereocenters. The van der Waals surface area contributed by atoms with Gasteiger partial charge in [-0.2, -0.15) is 11.8 Å². The summed E-state index contributed by atoms with van der Waals surface area (Å²) < 4.78 is 18.8. The van der Waals surface area contributed by atoms with Gasteiger partial charge in [0.1, 0.15) is 12.4 Å². The average Bonchev–Trinajstić information content (AvgIpc) is 2.67. The third-order valence-electron chi connectivity index (χ3n) is 4.58. The molecular formula is C20H22FNO2S. The second-order valence-electron chi connectivity index (χ2n) is 6.18. The molecule has 0 aliphatic carbocycles. The molecular weight excluding hydrogens is 337 g/mol. The highest BCUT2D eigenvalue weighted by atomic mass is 32.2. The summed E-state index contributed by atoms with van der Waals surface area (Å²) in [6.45, 7) is 0.916. The van der Waals surface area contributed by atoms with E-state index >= 15 is 0 Å². The standard InChI is InChI=1S/C20H22FNO2S/c1-25-18-11-12-22(19(13-18)16-7-9-17(21)10-8-16)20(23)24-14-15-5-3-2-4-6-15/h2-10,18-19H,11-14H2,1H3/t18-,19+/m1/s1. The van der Waals surface area contributed by atoms with E-state index in [9.17, 15) is 9.18 Å². The van der Waals surface area contributed by atoms with Gasteiger partial charge >= 0.3 is 6.09 Å². The molecule has 0 saturated carbocycles. The van der Waals surface area contributed by atoms with Gasteiger partial charge < -0.3 is 9.64 Å². The van der Waals surface area contributed by atoms with E-state index in [0.717, 1.165) is 24.0 Å². The van der Waals surface area contributed by atoms with Gasteiger partial charge in [0, 0.05) is 11.8 Å². The first-order valence-corrected chi connectivity index (χ1v) is 9.71. The lowest BCUT2D eigenvalue weighted by Crippen LogP contribution is -2.42. The van der Waals surface area contributed by atoms with Gasteiger partial charge in [0.2, 0.25) is 0 Å². The van der Waals surface area contributed by atoms with E-state index in [1.54, 1.807) is 17.0 Å². The molecule has 1 aliphatic heterocycles. The molecule has 2 aromatic rings. The van der Waals surface area contributed by atoms with Crippen molar-refractivity contribution in [1.82, 2.24) is 4.90 Å². The number of likely N-dealkylation sites (tertiary alicyclic amines) is 1. The summed E-state index contributed by atoms with van der Waals surface area (Å²) in [7, 11) is 0. The Bertz CT molecular complexity index is 693. The molecule has 1 amide bonds. The van der Waals surface area contributed by atoms with E-state index in [2.05, 4.69) is 6.26 Å². The molecule has 3 rings (SSSR count). The number of piperidine rings is 1. The summed E-state index contributed by atoms with van der Waals surface area (Å²) in [5, 5.41) is 0.494. The molecule has 1 saturated heterocycles. The number of ether oxygens (including phenoxy) is 1. The Morgan fingerprint density at radius 2 is 1.92 bits per heavy atom. The van der Waals surface area contributed by atoms with Gasteiger partial charge in [-0.05, 0) is 42.4 Å². The molecule has 0 spiro atoms. The van der Waals surface area contributed by atoms with E-state index < -0.39 is 0 Å². The Kier molecular flexibility index (Phi) is 5.97. The number of rotatable bonds is 4. The number of nitrogens with zero attached hydrogens (tertiary/aromatic N) is 1. The fourth-order valence-electron chi connectivity index (χ4n) is 3.17. The van der Waals surface area contributed by atoms with E-state index in [-0.39, 0.29) is 24.6 Å². The minimum Gasteiger partial charge on any atom is -0.445 e. The first-order valence-electron chi connectivity index (χ1n) is 8.43. The van der Waals surface area contributed by atoms with Crippen LogP contribution in [0.25, 0.3) is 0 Å². The zero-order valence-electron chi connectivity index (χ0n) is 14.2. The van der Waals surface area contributed by atoms with Gasteiger partial charge in [-0.3, -0.25) is 0 Å². The summed E-state index contributed by atoms with van der Waals surface area (Å²) in [6.07, 6.45) is 3.58. The maximum Gasteiger partial charge on any atom is 0.410 e. The maximum absolute atomic E-state index is 13.3. The topological polar surface area (TPSA) is 29.5 Å². The molecule has 1 fully saturated rings. The fraction of sp³-hybridized carbons (Fsp3) is 0.350. The fourth-order valence-corrected chi connectivity index (χ4v) is 3.88. The first-order chi connectivity index (χ1) is 12.2. The summed E-state index contributed by atoms with van der Waals surface area (Å²) in [4.78, 5) is 14.4. The third kappa shape index (κ3) is 4.54. The largest absolute Gasteiger partial charge is 0.445 e. The predicted octanol–water partition coefficient (Wildman–Crippen LogP) is 5.03. The van der Waals surface area contributed by atoms with Gasteiger partial charge in [-0.1, -0.05) is 42.5 Å². The number of halogens is 1. The number of thioether (sulfide) groups is 1. The summed E-state index contributed by atoms with van der Waals surface area (Å²) in [6, 6.07) is 16.0. The Balaban J connectivity index is 1.72. The lowest BCUT2D eigenvalue weighted by Gasteiger charge is -2.38. The molecule has 25 heavy (non-hydrogen) atoms. The van der Waals surface area contributed by atoms with Crippen LogP contribution in [0.2, 0.25) is 0 Å². The molecule has 1 aliphatic rings. The molecule has 2 atom stereocenters. The van der Waals surface area contributed by atoms with E-state index in [1.807, 2.05) is 42.1 Å². The number of amides is 1. The van der Waals surface area contributed by atoms with Crippen molar-refractivity contribution in [2.75, 3.05) is 12.8 Å². The van der Waals surface area contributed by atoms with Crippen molar-refractivity contribution in [2.24, 2.45) is 0 Å². The number of carbonyl (C=O) groups excluding carboxylic acids is 1. The molecule has 0 N–H and O–H groups in total. The quantitative estimate of drug-likeness (QED) is 0.767. The predicted molar refractivity (Wildman–Crippen MR) is 99.0 cm³/mol. The minimum atomic E-state index is -0.308. The van der Waals surface area contributed by atoms with Crippen LogP contribution in [0.3, 0.4) is 0 Å². The van der Waals surface area contributed by atoms with Crippen molar-refractivity contribution in [3.8, 4) is 0 Å². The first kappa shape index (κ1) is 17.8. The normalized spacial score (nSPS) is 20.3. The summed E-state index contributed by atoms with van der Waals surface area (Å²) in [5.74, 6) is -0.265. The Hall–Kier alpha value is -2.01. The van der Waals surface area contributed by atoms with Crippen molar-refractivity contribution in [1.29, 1.82) is 0 Å². The zero-order chi connectivity index (χ0) is 17.6. The number of hydrogen-bond donors (Lipinski definition) is 0. The summed E-state index contributed by atoms with van der Waals surface area (Å²) >= 11 is 1.82. The van der Waals surface area contributed by atoms with Gasteiger partial charge in [-0.25, -0.2) is 9.18 Å². The van der Waals surface area contributed by atoms with Crippen LogP contribution in [0.4, 0.5) is 9.18 Å². The second kappa shape index (κ2) is 8.39. The van der Waals surface area contributed by atoms with Crippen molar-refractivity contribution >= 4 is 17.9 Å². The van der Waals surface area contributed by atoms with Crippen LogP contribution in [-0.2, 0) is 11.3 Å². The van der Waals surface area contributed by atoms with Crippen molar-refractivity contribution in [3.63, 3.8) is 0 Å². The van der Waals surface area contributed by atoms with Crippen LogP contribution in [0, 0.1) is 5.82 Å². The molecule has 5 heteroatoms. The molecule has 0 radical (unpaired) electrons. The van der Waals surface area contributed by atoms with Crippen LogP contribution < -0.4 is 0 Å². The van der Waals surface area contributed by atoms with Crippen LogP contribution >= 0.6 is 11.8 Å². The van der Waals surface area contributed by atoms with Gasteiger partial charge in [0.25, 0.3) is 0 Å². The maximum atomic E-state index is 13.3. The van der Waals surface area contributed by atoms with E-state index in [0.29, 0.717) is 11.8 Å². The molecule has 3 nitrogen and oxygen atoms in total. The monoisotopic (exact) mass is 359 g/mol. The second-order valence-corrected chi connectivity index (χ2v) is 7.32. The average molecular weight is 359 g/mol. The summed E-state index contributed by atoms with van der Waals surface area (Å²) in [5.41, 5.74) is 1.92. The van der Waals surface area contributed by atoms with Crippen LogP contribution in [0.15, 0.2) is 54.6 Å². The smallest absolute Gasteiger partial charge is 0.410 e. The lowest BCUT2D eigenvalue weighted by molar-refractivity contribution is 0.0690. The molecule has 1 heterocycles. The van der Waals surface area contributed by atoms with Gasteiger partial charge in [0.05, 0.1) is 6.04 Å². The SMILES string of the molecule is CS[C@@H]1CCN(C(=O)OCc2ccccc2)[C@H](c2ccc(F)cc2)C1. The molecule has 132 valence electrons. The Morgan fingerprint density at radius 3 is 2.60 bits per heavy atom. The Morgan fingerprint density at radius 1 is 1.20 bits per heavy atom. The highest BCUT2D eigenvalue weighted by Gasteiger charge is 2.33. The van der Waals surface area contributed by atoms with Crippen LogP contribution in [0.1, 0.15) is 30.0 Å². The van der Waals surface area contributed by atoms with Gasteiger partial charge in [-0.15, -0.1) is 0 Å². The highest BCUT2D eigenvalue weighted by molar-refractivity contribution is 7.99. The molecule has 0 bridgehead atoms. The van der Waals surface area contributed by atoms with Gasteiger partial charge in [0.15, 0.2) is 0 Å².